The second-order valence-corrected chi connectivity index (χ2v) is 9.24. The van der Waals surface area contributed by atoms with Crippen LogP contribution in [0.4, 0.5) is 11.4 Å². The molecule has 1 heterocycles. The molecule has 3 fully saturated rings. The Morgan fingerprint density at radius 1 is 0.909 bits per heavy atom. The first kappa shape index (κ1) is 19.9. The maximum atomic E-state index is 13.3. The molecular formula is C26H22N2O5. The van der Waals surface area contributed by atoms with E-state index in [2.05, 4.69) is 22.2 Å². The van der Waals surface area contributed by atoms with Crippen molar-refractivity contribution in [1.29, 1.82) is 0 Å². The Bertz CT molecular complexity index is 1200. The molecule has 2 bridgehead atoms. The molecule has 3 amide bonds. The Kier molecular flexibility index (Phi) is 4.30. The lowest BCUT2D eigenvalue weighted by Gasteiger charge is -2.37. The van der Waals surface area contributed by atoms with Crippen molar-refractivity contribution >= 4 is 35.1 Å². The summed E-state index contributed by atoms with van der Waals surface area (Å²) in [5.41, 5.74) is 1.66. The fourth-order valence-electron chi connectivity index (χ4n) is 6.01. The number of nitrogens with zero attached hydrogens (tertiary/aromatic N) is 1. The Balaban J connectivity index is 1.23. The Morgan fingerprint density at radius 2 is 1.55 bits per heavy atom. The molecule has 5 aliphatic rings. The van der Waals surface area contributed by atoms with E-state index in [1.807, 2.05) is 0 Å². The van der Waals surface area contributed by atoms with Crippen LogP contribution in [0.5, 0.6) is 0 Å². The van der Waals surface area contributed by atoms with Gasteiger partial charge in [0.05, 0.1) is 30.2 Å². The number of hydrogen-bond donors (Lipinski definition) is 1. The van der Waals surface area contributed by atoms with Crippen LogP contribution in [-0.4, -0.2) is 30.8 Å². The van der Waals surface area contributed by atoms with Gasteiger partial charge in [0.25, 0.3) is 5.91 Å². The zero-order valence-corrected chi connectivity index (χ0v) is 17.9. The number of esters is 1. The number of imide groups is 1. The molecule has 7 rings (SSSR count). The smallest absolute Gasteiger partial charge is 0.337 e. The fraction of sp³-hybridized carbons (Fsp3) is 0.308. The number of nitrogens with one attached hydrogen (secondary N) is 1. The number of rotatable bonds is 4. The standard InChI is InChI=1S/C26H22N2O5/c1-33-26(32)13-5-7-15(8-6-13)27-23(29)14-3-2-4-16(11-14)28-24(30)21-17-9-10-18(20-12-19(17)20)22(21)25(28)31/h2-11,17-22H,12H2,1H3,(H,27,29)/t17-,18-,19-,20-,21+,22+/m0/s1. The van der Waals surface area contributed by atoms with Gasteiger partial charge in [-0.2, -0.15) is 0 Å². The van der Waals surface area contributed by atoms with Gasteiger partial charge in [-0.3, -0.25) is 14.4 Å². The topological polar surface area (TPSA) is 92.8 Å². The van der Waals surface area contributed by atoms with E-state index >= 15 is 0 Å². The molecule has 7 nitrogen and oxygen atoms in total. The molecule has 1 aliphatic heterocycles. The third-order valence-electron chi connectivity index (χ3n) is 7.59. The lowest BCUT2D eigenvalue weighted by Crippen LogP contribution is -2.40. The van der Waals surface area contributed by atoms with E-state index in [0.717, 1.165) is 6.42 Å². The number of ether oxygens (including phenoxy) is 1. The Hall–Kier alpha value is -3.74. The van der Waals surface area contributed by atoms with Crippen molar-refractivity contribution in [2.45, 2.75) is 6.42 Å². The normalized spacial score (nSPS) is 30.6. The zero-order chi connectivity index (χ0) is 22.9. The molecule has 2 aromatic carbocycles. The third-order valence-corrected chi connectivity index (χ3v) is 7.59. The van der Waals surface area contributed by atoms with Gasteiger partial charge in [-0.05, 0) is 72.6 Å². The molecule has 6 atom stereocenters. The number of allylic oxidation sites excluding steroid dienone is 2. The number of anilines is 2. The van der Waals surface area contributed by atoms with Gasteiger partial charge in [0.1, 0.15) is 0 Å². The maximum Gasteiger partial charge on any atom is 0.337 e. The van der Waals surface area contributed by atoms with Crippen LogP contribution in [0.25, 0.3) is 0 Å². The molecular weight excluding hydrogens is 420 g/mol. The summed E-state index contributed by atoms with van der Waals surface area (Å²) >= 11 is 0. The molecule has 2 saturated carbocycles. The SMILES string of the molecule is COC(=O)c1ccc(NC(=O)c2cccc(N3C(=O)[C@@H]4[C@H]5C=C[C@@H]([C@@H]6C[C@@H]56)[C@H]4C3=O)c2)cc1. The van der Waals surface area contributed by atoms with Crippen molar-refractivity contribution in [3.63, 3.8) is 0 Å². The largest absolute Gasteiger partial charge is 0.465 e. The molecule has 0 unspecified atom stereocenters. The van der Waals surface area contributed by atoms with Crippen LogP contribution in [-0.2, 0) is 14.3 Å². The highest BCUT2D eigenvalue weighted by atomic mass is 16.5. The minimum absolute atomic E-state index is 0.148. The molecule has 166 valence electrons. The van der Waals surface area contributed by atoms with Gasteiger partial charge in [0.2, 0.25) is 11.8 Å². The molecule has 1 saturated heterocycles. The minimum Gasteiger partial charge on any atom is -0.465 e. The van der Waals surface area contributed by atoms with E-state index in [-0.39, 0.29) is 41.4 Å². The van der Waals surface area contributed by atoms with Crippen molar-refractivity contribution < 1.29 is 23.9 Å². The van der Waals surface area contributed by atoms with Gasteiger partial charge in [-0.25, -0.2) is 9.69 Å². The summed E-state index contributed by atoms with van der Waals surface area (Å²) in [6.07, 6.45) is 5.40. The maximum absolute atomic E-state index is 13.3. The van der Waals surface area contributed by atoms with Gasteiger partial charge in [0.15, 0.2) is 0 Å². The monoisotopic (exact) mass is 442 g/mol. The minimum atomic E-state index is -0.456. The van der Waals surface area contributed by atoms with Crippen molar-refractivity contribution in [2.75, 3.05) is 17.3 Å². The highest BCUT2D eigenvalue weighted by Gasteiger charge is 2.67. The fourth-order valence-corrected chi connectivity index (χ4v) is 6.01. The molecule has 2 aromatic rings. The van der Waals surface area contributed by atoms with Crippen molar-refractivity contribution in [3.05, 3.63) is 71.8 Å². The van der Waals surface area contributed by atoms with Gasteiger partial charge >= 0.3 is 5.97 Å². The zero-order valence-electron chi connectivity index (χ0n) is 17.9. The second-order valence-electron chi connectivity index (χ2n) is 9.24. The lowest BCUT2D eigenvalue weighted by molar-refractivity contribution is -0.124. The van der Waals surface area contributed by atoms with Crippen LogP contribution in [0.15, 0.2) is 60.7 Å². The first-order valence-corrected chi connectivity index (χ1v) is 11.1. The first-order chi connectivity index (χ1) is 16.0. The predicted molar refractivity (Wildman–Crippen MR) is 119 cm³/mol. The molecule has 0 radical (unpaired) electrons. The number of methoxy groups -OCH3 is 1. The number of hydrogen-bond acceptors (Lipinski definition) is 5. The van der Waals surface area contributed by atoms with Crippen LogP contribution >= 0.6 is 0 Å². The quantitative estimate of drug-likeness (QED) is 0.446. The number of carbonyl (C=O) groups excluding carboxylic acids is 4. The summed E-state index contributed by atoms with van der Waals surface area (Å²) in [5.74, 6) is -0.275. The Labute approximate surface area is 190 Å². The molecule has 0 spiro atoms. The molecule has 33 heavy (non-hydrogen) atoms. The van der Waals surface area contributed by atoms with Crippen molar-refractivity contribution in [1.82, 2.24) is 0 Å². The average Bonchev–Trinajstić information content (AvgIpc) is 3.62. The molecule has 1 N–H and O–H groups in total. The van der Waals surface area contributed by atoms with Crippen LogP contribution in [0.2, 0.25) is 0 Å². The van der Waals surface area contributed by atoms with Crippen molar-refractivity contribution in [3.8, 4) is 0 Å². The van der Waals surface area contributed by atoms with Crippen LogP contribution < -0.4 is 10.2 Å². The summed E-state index contributed by atoms with van der Waals surface area (Å²) in [7, 11) is 1.31. The summed E-state index contributed by atoms with van der Waals surface area (Å²) < 4.78 is 4.68. The molecule has 7 heteroatoms. The first-order valence-electron chi connectivity index (χ1n) is 11.1. The van der Waals surface area contributed by atoms with Crippen LogP contribution in [0.3, 0.4) is 0 Å². The van der Waals surface area contributed by atoms with E-state index in [1.54, 1.807) is 48.5 Å². The lowest BCUT2D eigenvalue weighted by atomic mass is 9.63. The highest BCUT2D eigenvalue weighted by Crippen LogP contribution is 2.65. The third kappa shape index (κ3) is 2.95. The van der Waals surface area contributed by atoms with Gasteiger partial charge in [0, 0.05) is 11.3 Å². The van der Waals surface area contributed by atoms with Gasteiger partial charge in [-0.15, -0.1) is 0 Å². The molecule has 4 aliphatic carbocycles. The Morgan fingerprint density at radius 3 is 2.15 bits per heavy atom. The van der Waals surface area contributed by atoms with Crippen molar-refractivity contribution in [2.24, 2.45) is 35.5 Å². The highest BCUT2D eigenvalue weighted by molar-refractivity contribution is 6.23. The average molecular weight is 442 g/mol. The number of benzene rings is 2. The summed E-state index contributed by atoms with van der Waals surface area (Å²) in [6.45, 7) is 0. The van der Waals surface area contributed by atoms with Crippen LogP contribution in [0.1, 0.15) is 27.1 Å². The predicted octanol–water partition coefficient (Wildman–Crippen LogP) is 3.28. The van der Waals surface area contributed by atoms with E-state index in [9.17, 15) is 19.2 Å². The van der Waals surface area contributed by atoms with Gasteiger partial charge < -0.3 is 10.1 Å². The van der Waals surface area contributed by atoms with Crippen LogP contribution in [0, 0.1) is 35.5 Å². The molecule has 0 aromatic heterocycles. The van der Waals surface area contributed by atoms with E-state index in [4.69, 9.17) is 0 Å². The summed E-state index contributed by atoms with van der Waals surface area (Å²) in [5, 5.41) is 2.78. The summed E-state index contributed by atoms with van der Waals surface area (Å²) in [6, 6.07) is 13.0. The number of carbonyl (C=O) groups is 4. The van der Waals surface area contributed by atoms with E-state index < -0.39 is 5.97 Å². The van der Waals surface area contributed by atoms with E-state index in [1.165, 1.54) is 12.0 Å². The second kappa shape index (κ2) is 7.13. The number of amides is 3. The van der Waals surface area contributed by atoms with Gasteiger partial charge in [-0.1, -0.05) is 18.2 Å². The van der Waals surface area contributed by atoms with E-state index in [0.29, 0.717) is 34.3 Å². The summed E-state index contributed by atoms with van der Waals surface area (Å²) in [4.78, 5) is 52.3.